The first-order valence-corrected chi connectivity index (χ1v) is 4.24. The van der Waals surface area contributed by atoms with Gasteiger partial charge in [0.15, 0.2) is 5.15 Å². The van der Waals surface area contributed by atoms with Crippen LogP contribution in [-0.2, 0) is 0 Å². The zero-order valence-electron chi connectivity index (χ0n) is 6.36. The molecule has 4 heteroatoms. The summed E-state index contributed by atoms with van der Waals surface area (Å²) in [6.07, 6.45) is 1.88. The quantitative estimate of drug-likeness (QED) is 0.651. The van der Waals surface area contributed by atoms with Gasteiger partial charge in [-0.15, -0.1) is 0 Å². The first-order chi connectivity index (χ1) is 5.68. The van der Waals surface area contributed by atoms with E-state index in [2.05, 4.69) is 9.97 Å². The minimum Gasteiger partial charge on any atom is -0.358 e. The lowest BCUT2D eigenvalue weighted by Gasteiger charge is -1.95. The minimum atomic E-state index is 0.422. The number of halogens is 2. The second kappa shape index (κ2) is 2.64. The summed E-state index contributed by atoms with van der Waals surface area (Å²) in [7, 11) is 0. The largest absolute Gasteiger partial charge is 0.358 e. The number of hydrogen-bond donors (Lipinski definition) is 1. The van der Waals surface area contributed by atoms with E-state index in [-0.39, 0.29) is 0 Å². The zero-order valence-corrected chi connectivity index (χ0v) is 7.87. The normalized spacial score (nSPS) is 10.9. The van der Waals surface area contributed by atoms with Crippen molar-refractivity contribution in [1.29, 1.82) is 0 Å². The van der Waals surface area contributed by atoms with Gasteiger partial charge >= 0.3 is 0 Å². The van der Waals surface area contributed by atoms with Gasteiger partial charge in [0.1, 0.15) is 5.15 Å². The summed E-state index contributed by atoms with van der Waals surface area (Å²) in [5.74, 6) is 0. The van der Waals surface area contributed by atoms with Gasteiger partial charge in [-0.1, -0.05) is 23.2 Å². The Hall–Kier alpha value is -0.730. The van der Waals surface area contributed by atoms with E-state index in [0.717, 1.165) is 16.5 Å². The Balaban J connectivity index is 2.92. The summed E-state index contributed by atoms with van der Waals surface area (Å²) in [5.41, 5.74) is 1.97. The van der Waals surface area contributed by atoms with Crippen molar-refractivity contribution < 1.29 is 0 Å². The predicted molar refractivity (Wildman–Crippen MR) is 50.9 cm³/mol. The highest BCUT2D eigenvalue weighted by Gasteiger charge is 2.05. The Morgan fingerprint density at radius 1 is 1.42 bits per heavy atom. The molecule has 0 saturated carbocycles. The van der Waals surface area contributed by atoms with Crippen LogP contribution in [0.4, 0.5) is 0 Å². The van der Waals surface area contributed by atoms with Gasteiger partial charge in [0.25, 0.3) is 0 Å². The highest BCUT2D eigenvalue weighted by Crippen LogP contribution is 2.25. The van der Waals surface area contributed by atoms with E-state index < -0.39 is 0 Å². The molecule has 0 aliphatic carbocycles. The Morgan fingerprint density at radius 3 is 2.92 bits per heavy atom. The molecule has 1 N–H and O–H groups in total. The van der Waals surface area contributed by atoms with Gasteiger partial charge in [-0.2, -0.15) is 0 Å². The van der Waals surface area contributed by atoms with E-state index >= 15 is 0 Å². The van der Waals surface area contributed by atoms with Gasteiger partial charge in [-0.05, 0) is 18.6 Å². The van der Waals surface area contributed by atoms with Crippen LogP contribution < -0.4 is 0 Å². The first kappa shape index (κ1) is 7.90. The number of rotatable bonds is 0. The molecular weight excluding hydrogens is 195 g/mol. The maximum Gasteiger partial charge on any atom is 0.154 e. The van der Waals surface area contributed by atoms with Crippen molar-refractivity contribution in [2.45, 2.75) is 6.92 Å². The van der Waals surface area contributed by atoms with Crippen LogP contribution in [0.2, 0.25) is 10.3 Å². The van der Waals surface area contributed by atoms with Crippen LogP contribution >= 0.6 is 23.2 Å². The van der Waals surface area contributed by atoms with Crippen LogP contribution in [0.1, 0.15) is 5.56 Å². The Labute approximate surface area is 79.5 Å². The van der Waals surface area contributed by atoms with Crippen LogP contribution in [0.3, 0.4) is 0 Å². The molecule has 2 rings (SSSR count). The molecule has 0 aliphatic rings. The van der Waals surface area contributed by atoms with Crippen LogP contribution in [0.5, 0.6) is 0 Å². The summed E-state index contributed by atoms with van der Waals surface area (Å²) < 4.78 is 0. The Morgan fingerprint density at radius 2 is 2.17 bits per heavy atom. The molecule has 0 amide bonds. The number of nitrogens with zero attached hydrogens (tertiary/aromatic N) is 1. The van der Waals surface area contributed by atoms with Gasteiger partial charge < -0.3 is 4.98 Å². The van der Waals surface area contributed by atoms with E-state index in [1.165, 1.54) is 0 Å². The summed E-state index contributed by atoms with van der Waals surface area (Å²) in [6, 6.07) is 1.80. The van der Waals surface area contributed by atoms with Crippen molar-refractivity contribution in [3.05, 3.63) is 28.1 Å². The second-order valence-corrected chi connectivity index (χ2v) is 3.38. The molecule has 0 atom stereocenters. The monoisotopic (exact) mass is 200 g/mol. The molecule has 0 radical (unpaired) electrons. The van der Waals surface area contributed by atoms with E-state index in [0.29, 0.717) is 10.3 Å². The molecule has 0 bridgehead atoms. The third-order valence-corrected chi connectivity index (χ3v) is 2.27. The van der Waals surface area contributed by atoms with Crippen LogP contribution in [0, 0.1) is 6.92 Å². The van der Waals surface area contributed by atoms with Gasteiger partial charge in [-0.3, -0.25) is 0 Å². The molecular formula is C8H6Cl2N2. The third kappa shape index (κ3) is 1.08. The van der Waals surface area contributed by atoms with Crippen LogP contribution in [-0.4, -0.2) is 9.97 Å². The van der Waals surface area contributed by atoms with Crippen LogP contribution in [0.15, 0.2) is 12.3 Å². The molecule has 0 aliphatic heterocycles. The standard InChI is InChI=1S/C8H6Cl2N2/c1-4-3-11-7-5(4)2-6(9)12-8(7)10/h2-3,11H,1H3. The van der Waals surface area contributed by atoms with E-state index in [9.17, 15) is 0 Å². The zero-order chi connectivity index (χ0) is 8.72. The van der Waals surface area contributed by atoms with E-state index in [4.69, 9.17) is 23.2 Å². The summed E-state index contributed by atoms with van der Waals surface area (Å²) >= 11 is 11.6. The van der Waals surface area contributed by atoms with Gasteiger partial charge in [0.05, 0.1) is 5.52 Å². The van der Waals surface area contributed by atoms with Crippen LogP contribution in [0.25, 0.3) is 10.9 Å². The SMILES string of the molecule is Cc1c[nH]c2c(Cl)nc(Cl)cc12. The second-order valence-electron chi connectivity index (χ2n) is 2.63. The van der Waals surface area contributed by atoms with E-state index in [1.807, 2.05) is 13.1 Å². The number of fused-ring (bicyclic) bond motifs is 1. The molecule has 2 nitrogen and oxygen atoms in total. The van der Waals surface area contributed by atoms with Gasteiger partial charge in [-0.25, -0.2) is 4.98 Å². The molecule has 62 valence electrons. The van der Waals surface area contributed by atoms with Crippen molar-refractivity contribution in [2.24, 2.45) is 0 Å². The molecule has 0 unspecified atom stereocenters. The molecule has 0 aromatic carbocycles. The topological polar surface area (TPSA) is 28.7 Å². The molecule has 12 heavy (non-hydrogen) atoms. The Kier molecular flexibility index (Phi) is 1.74. The highest BCUT2D eigenvalue weighted by molar-refractivity contribution is 6.36. The minimum absolute atomic E-state index is 0.422. The lowest BCUT2D eigenvalue weighted by molar-refractivity contribution is 1.34. The molecule has 0 fully saturated rings. The molecule has 0 saturated heterocycles. The predicted octanol–water partition coefficient (Wildman–Crippen LogP) is 3.18. The average molecular weight is 201 g/mol. The maximum atomic E-state index is 5.85. The fraction of sp³-hybridized carbons (Fsp3) is 0.125. The first-order valence-electron chi connectivity index (χ1n) is 3.48. The number of aromatic nitrogens is 2. The van der Waals surface area contributed by atoms with Gasteiger partial charge in [0.2, 0.25) is 0 Å². The number of hydrogen-bond acceptors (Lipinski definition) is 1. The number of nitrogens with one attached hydrogen (secondary N) is 1. The molecule has 2 heterocycles. The summed E-state index contributed by atoms with van der Waals surface area (Å²) in [5, 5.41) is 1.88. The van der Waals surface area contributed by atoms with Crippen molar-refractivity contribution in [3.8, 4) is 0 Å². The number of H-pyrrole nitrogens is 1. The smallest absolute Gasteiger partial charge is 0.154 e. The number of aromatic amines is 1. The lowest BCUT2D eigenvalue weighted by atomic mass is 10.2. The van der Waals surface area contributed by atoms with Gasteiger partial charge in [0, 0.05) is 11.6 Å². The number of pyridine rings is 1. The Bertz CT molecular complexity index is 434. The van der Waals surface area contributed by atoms with Crippen molar-refractivity contribution in [2.75, 3.05) is 0 Å². The van der Waals surface area contributed by atoms with E-state index in [1.54, 1.807) is 6.07 Å². The molecule has 2 aromatic rings. The summed E-state index contributed by atoms with van der Waals surface area (Å²) in [6.45, 7) is 1.99. The fourth-order valence-corrected chi connectivity index (χ4v) is 1.68. The van der Waals surface area contributed by atoms with Crippen molar-refractivity contribution >= 4 is 34.1 Å². The highest BCUT2D eigenvalue weighted by atomic mass is 35.5. The lowest BCUT2D eigenvalue weighted by Crippen LogP contribution is -1.78. The average Bonchev–Trinajstić information content (AvgIpc) is 2.33. The molecule has 0 spiro atoms. The fourth-order valence-electron chi connectivity index (χ4n) is 1.19. The van der Waals surface area contributed by atoms with Crippen molar-refractivity contribution in [1.82, 2.24) is 9.97 Å². The van der Waals surface area contributed by atoms with Crippen molar-refractivity contribution in [3.63, 3.8) is 0 Å². The molecule has 2 aromatic heterocycles. The third-order valence-electron chi connectivity index (χ3n) is 1.80. The number of aryl methyl sites for hydroxylation is 1. The maximum absolute atomic E-state index is 5.85. The summed E-state index contributed by atoms with van der Waals surface area (Å²) in [4.78, 5) is 6.94.